The molecule has 0 aliphatic carbocycles. The van der Waals surface area contributed by atoms with E-state index in [0.717, 1.165) is 13.0 Å². The minimum atomic E-state index is -1.24. The van der Waals surface area contributed by atoms with Gasteiger partial charge in [0.15, 0.2) is 0 Å². The van der Waals surface area contributed by atoms with E-state index >= 15 is 0 Å². The molecular weight excluding hydrogens is 346 g/mol. The minimum Gasteiger partial charge on any atom is -0.480 e. The molecular formula is C15H25N5O6. The molecule has 0 saturated carbocycles. The zero-order valence-electron chi connectivity index (χ0n) is 14.5. The molecule has 1 heterocycles. The van der Waals surface area contributed by atoms with Crippen LogP contribution in [0.4, 0.5) is 0 Å². The van der Waals surface area contributed by atoms with Crippen LogP contribution in [-0.2, 0) is 24.0 Å². The number of nitrogens with two attached hydrogens (primary N) is 1. The minimum absolute atomic E-state index is 0.0859. The summed E-state index contributed by atoms with van der Waals surface area (Å²) >= 11 is 0. The molecule has 0 aromatic carbocycles. The number of aliphatic carboxylic acids is 1. The van der Waals surface area contributed by atoms with Gasteiger partial charge in [0, 0.05) is 6.42 Å². The number of amides is 4. The third kappa shape index (κ3) is 7.47. The first-order valence-corrected chi connectivity index (χ1v) is 8.32. The van der Waals surface area contributed by atoms with Gasteiger partial charge in [-0.05, 0) is 32.7 Å². The Labute approximate surface area is 150 Å². The molecule has 4 amide bonds. The Balaban J connectivity index is 2.55. The first-order valence-electron chi connectivity index (χ1n) is 8.32. The van der Waals surface area contributed by atoms with Gasteiger partial charge in [-0.25, -0.2) is 0 Å². The summed E-state index contributed by atoms with van der Waals surface area (Å²) in [5.74, 6) is -3.60. The summed E-state index contributed by atoms with van der Waals surface area (Å²) in [6.45, 7) is 1.66. The number of rotatable bonds is 10. The monoisotopic (exact) mass is 371 g/mol. The standard InChI is InChI=1S/C15H25N5O6/c1-8(15(25)26)19-14(24)10(4-5-11(16)21)20-12(22)7-18-13(23)9-3-2-6-17-9/h8-10,17H,2-7H2,1H3,(H2,16,21)(H,18,23)(H,19,24)(H,20,22)(H,25,26). The molecule has 1 fully saturated rings. The van der Waals surface area contributed by atoms with Crippen molar-refractivity contribution in [1.82, 2.24) is 21.3 Å². The predicted molar refractivity (Wildman–Crippen MR) is 89.6 cm³/mol. The number of nitrogens with one attached hydrogen (secondary N) is 4. The SMILES string of the molecule is CC(NC(=O)C(CCC(N)=O)NC(=O)CNC(=O)C1CCCN1)C(=O)O. The van der Waals surface area contributed by atoms with E-state index in [0.29, 0.717) is 6.42 Å². The summed E-state index contributed by atoms with van der Waals surface area (Å²) in [4.78, 5) is 57.7. The van der Waals surface area contributed by atoms with Crippen LogP contribution in [0.5, 0.6) is 0 Å². The van der Waals surface area contributed by atoms with E-state index in [9.17, 15) is 24.0 Å². The normalized spacial score (nSPS) is 18.4. The van der Waals surface area contributed by atoms with Crippen molar-refractivity contribution >= 4 is 29.6 Å². The predicted octanol–water partition coefficient (Wildman–Crippen LogP) is -2.81. The van der Waals surface area contributed by atoms with Crippen LogP contribution in [0.15, 0.2) is 0 Å². The Morgan fingerprint density at radius 3 is 2.46 bits per heavy atom. The summed E-state index contributed by atoms with van der Waals surface area (Å²) in [5.41, 5.74) is 5.05. The Hall–Kier alpha value is -2.69. The lowest BCUT2D eigenvalue weighted by Gasteiger charge is -2.20. The van der Waals surface area contributed by atoms with Gasteiger partial charge in [0.25, 0.3) is 0 Å². The number of hydrogen-bond donors (Lipinski definition) is 6. The number of carbonyl (C=O) groups is 5. The van der Waals surface area contributed by atoms with Gasteiger partial charge in [-0.3, -0.25) is 24.0 Å². The quantitative estimate of drug-likeness (QED) is 0.240. The second kappa shape index (κ2) is 10.3. The average Bonchev–Trinajstić information content (AvgIpc) is 3.10. The van der Waals surface area contributed by atoms with Gasteiger partial charge >= 0.3 is 5.97 Å². The molecule has 1 aliphatic heterocycles. The van der Waals surface area contributed by atoms with Gasteiger partial charge < -0.3 is 32.1 Å². The molecule has 0 bridgehead atoms. The van der Waals surface area contributed by atoms with E-state index in [-0.39, 0.29) is 31.3 Å². The molecule has 0 radical (unpaired) electrons. The maximum atomic E-state index is 12.1. The lowest BCUT2D eigenvalue weighted by atomic mass is 10.1. The Morgan fingerprint density at radius 2 is 1.92 bits per heavy atom. The zero-order valence-corrected chi connectivity index (χ0v) is 14.5. The fourth-order valence-corrected chi connectivity index (χ4v) is 2.38. The smallest absolute Gasteiger partial charge is 0.325 e. The molecule has 26 heavy (non-hydrogen) atoms. The summed E-state index contributed by atoms with van der Waals surface area (Å²) < 4.78 is 0. The summed E-state index contributed by atoms with van der Waals surface area (Å²) in [6.07, 6.45) is 1.31. The summed E-state index contributed by atoms with van der Waals surface area (Å²) in [7, 11) is 0. The highest BCUT2D eigenvalue weighted by Crippen LogP contribution is 2.04. The van der Waals surface area contributed by atoms with E-state index in [1.807, 2.05) is 0 Å². The highest BCUT2D eigenvalue weighted by atomic mass is 16.4. The summed E-state index contributed by atoms with van der Waals surface area (Å²) in [6, 6.07) is -2.64. The molecule has 0 spiro atoms. The van der Waals surface area contributed by atoms with Crippen LogP contribution in [0.3, 0.4) is 0 Å². The zero-order chi connectivity index (χ0) is 19.7. The van der Waals surface area contributed by atoms with Gasteiger partial charge in [-0.2, -0.15) is 0 Å². The van der Waals surface area contributed by atoms with Crippen molar-refractivity contribution in [2.24, 2.45) is 5.73 Å². The maximum Gasteiger partial charge on any atom is 0.325 e. The van der Waals surface area contributed by atoms with Crippen LogP contribution in [-0.4, -0.2) is 65.9 Å². The molecule has 1 aliphatic rings. The van der Waals surface area contributed by atoms with Gasteiger partial charge in [0.1, 0.15) is 12.1 Å². The number of carboxylic acids is 1. The molecule has 3 atom stereocenters. The van der Waals surface area contributed by atoms with Gasteiger partial charge in [-0.1, -0.05) is 0 Å². The van der Waals surface area contributed by atoms with Crippen LogP contribution >= 0.6 is 0 Å². The van der Waals surface area contributed by atoms with E-state index in [4.69, 9.17) is 10.8 Å². The lowest BCUT2D eigenvalue weighted by Crippen LogP contribution is -2.53. The molecule has 1 saturated heterocycles. The van der Waals surface area contributed by atoms with Crippen molar-refractivity contribution in [3.05, 3.63) is 0 Å². The average molecular weight is 371 g/mol. The van der Waals surface area contributed by atoms with Gasteiger partial charge in [0.05, 0.1) is 12.6 Å². The Kier molecular flexibility index (Phi) is 8.49. The van der Waals surface area contributed by atoms with Crippen LogP contribution in [0.1, 0.15) is 32.6 Å². The van der Waals surface area contributed by atoms with Crippen molar-refractivity contribution in [2.45, 2.75) is 50.7 Å². The van der Waals surface area contributed by atoms with E-state index in [1.165, 1.54) is 6.92 Å². The fraction of sp³-hybridized carbons (Fsp3) is 0.667. The summed E-state index contributed by atoms with van der Waals surface area (Å²) in [5, 5.41) is 18.9. The molecule has 3 unspecified atom stereocenters. The van der Waals surface area contributed by atoms with E-state index in [2.05, 4.69) is 21.3 Å². The van der Waals surface area contributed by atoms with Crippen molar-refractivity contribution in [3.8, 4) is 0 Å². The second-order valence-corrected chi connectivity index (χ2v) is 6.06. The fourth-order valence-electron chi connectivity index (χ4n) is 2.38. The van der Waals surface area contributed by atoms with Crippen LogP contribution in [0, 0.1) is 0 Å². The first kappa shape index (κ1) is 21.4. The highest BCUT2D eigenvalue weighted by molar-refractivity contribution is 5.92. The third-order valence-corrected chi connectivity index (χ3v) is 3.86. The molecule has 0 aromatic heterocycles. The number of primary amides is 1. The third-order valence-electron chi connectivity index (χ3n) is 3.86. The largest absolute Gasteiger partial charge is 0.480 e. The van der Waals surface area contributed by atoms with Gasteiger partial charge in [0.2, 0.25) is 23.6 Å². The molecule has 0 aromatic rings. The van der Waals surface area contributed by atoms with Crippen molar-refractivity contribution in [1.29, 1.82) is 0 Å². The van der Waals surface area contributed by atoms with Gasteiger partial charge in [-0.15, -0.1) is 0 Å². The topological polar surface area (TPSA) is 180 Å². The molecule has 7 N–H and O–H groups in total. The molecule has 146 valence electrons. The molecule has 11 heteroatoms. The van der Waals surface area contributed by atoms with Crippen LogP contribution < -0.4 is 27.0 Å². The Morgan fingerprint density at radius 1 is 1.23 bits per heavy atom. The first-order chi connectivity index (χ1) is 12.2. The van der Waals surface area contributed by atoms with Crippen LogP contribution in [0.2, 0.25) is 0 Å². The van der Waals surface area contributed by atoms with E-state index in [1.54, 1.807) is 0 Å². The van der Waals surface area contributed by atoms with Crippen LogP contribution in [0.25, 0.3) is 0 Å². The highest BCUT2D eigenvalue weighted by Gasteiger charge is 2.26. The number of hydrogen-bond acceptors (Lipinski definition) is 6. The number of carbonyl (C=O) groups excluding carboxylic acids is 4. The maximum absolute atomic E-state index is 12.1. The number of carboxylic acid groups (broad SMARTS) is 1. The molecule has 1 rings (SSSR count). The Bertz CT molecular complexity index is 561. The van der Waals surface area contributed by atoms with Crippen molar-refractivity contribution in [3.63, 3.8) is 0 Å². The second-order valence-electron chi connectivity index (χ2n) is 6.06. The van der Waals surface area contributed by atoms with Crippen molar-refractivity contribution < 1.29 is 29.1 Å². The van der Waals surface area contributed by atoms with Crippen molar-refractivity contribution in [2.75, 3.05) is 13.1 Å². The lowest BCUT2D eigenvalue weighted by molar-refractivity contribution is -0.141. The molecule has 11 nitrogen and oxygen atoms in total. The van der Waals surface area contributed by atoms with E-state index < -0.39 is 35.8 Å².